The van der Waals surface area contributed by atoms with E-state index in [-0.39, 0.29) is 24.8 Å². The summed E-state index contributed by atoms with van der Waals surface area (Å²) >= 11 is -0.501. The summed E-state index contributed by atoms with van der Waals surface area (Å²) in [5, 5.41) is 0. The molecular weight excluding hydrogens is 382 g/mol. The molecule has 0 fully saturated rings. The van der Waals surface area contributed by atoms with Crippen LogP contribution in [-0.4, -0.2) is 0 Å². The van der Waals surface area contributed by atoms with Gasteiger partial charge in [0.25, 0.3) is 0 Å². The standard InChI is InChI=1S/C11H10.2ClH.Hf/c1-2-6-10(5-1)9-11-7-3-4-8-11;;;/h1,3,5,7H,2,4,9H2;2*1H;/q;;;+2/p-2. The molecule has 3 rings (SSSR count). The van der Waals surface area contributed by atoms with Gasteiger partial charge in [0, 0.05) is 0 Å². The maximum absolute atomic E-state index is 2.36. The molecule has 0 N–H and O–H groups in total. The fourth-order valence-electron chi connectivity index (χ4n) is 2.08. The van der Waals surface area contributed by atoms with Crippen molar-refractivity contribution in [3.63, 3.8) is 0 Å². The summed E-state index contributed by atoms with van der Waals surface area (Å²) in [5.74, 6) is 0. The van der Waals surface area contributed by atoms with E-state index >= 15 is 0 Å². The van der Waals surface area contributed by atoms with Gasteiger partial charge in [-0.05, 0) is 0 Å². The summed E-state index contributed by atoms with van der Waals surface area (Å²) in [6, 6.07) is 0. The molecule has 2 aliphatic carbocycles. The molecule has 1 heterocycles. The van der Waals surface area contributed by atoms with Gasteiger partial charge in [-0.2, -0.15) is 0 Å². The first-order chi connectivity index (χ1) is 5.93. The Bertz CT molecular complexity index is 327. The fraction of sp³-hybridized carbons (Fsp3) is 0.273. The van der Waals surface area contributed by atoms with Crippen molar-refractivity contribution in [3.8, 4) is 0 Å². The normalized spacial score (nSPS) is 20.6. The second-order valence-electron chi connectivity index (χ2n) is 3.52. The number of hydrogen-bond donors (Lipinski definition) is 0. The first-order valence-electron chi connectivity index (χ1n) is 4.47. The molecule has 0 unspecified atom stereocenters. The molecule has 0 saturated heterocycles. The SMILES string of the molecule is C1=CC2=[C](C1)[Hf+2][C]1=C(C=CC1)C2.[Cl-].[Cl-]. The van der Waals surface area contributed by atoms with Crippen LogP contribution in [0, 0.1) is 0 Å². The molecule has 1 aliphatic heterocycles. The minimum Gasteiger partial charge on any atom is -1.00 e. The van der Waals surface area contributed by atoms with Crippen molar-refractivity contribution in [1.29, 1.82) is 0 Å². The Balaban J connectivity index is 0.000000490. The Hall–Kier alpha value is 0.410. The molecule has 0 aromatic rings. The molecule has 0 nitrogen and oxygen atoms in total. The monoisotopic (exact) mass is 392 g/mol. The van der Waals surface area contributed by atoms with Gasteiger partial charge in [0.2, 0.25) is 0 Å². The Morgan fingerprint density at radius 2 is 1.36 bits per heavy atom. The van der Waals surface area contributed by atoms with Crippen LogP contribution in [0.25, 0.3) is 0 Å². The summed E-state index contributed by atoms with van der Waals surface area (Å²) in [6.45, 7) is 0. The first-order valence-corrected chi connectivity index (χ1v) is 8.07. The molecule has 0 amide bonds. The van der Waals surface area contributed by atoms with E-state index in [2.05, 4.69) is 24.3 Å². The van der Waals surface area contributed by atoms with Gasteiger partial charge in [-0.25, -0.2) is 0 Å². The fourth-order valence-corrected chi connectivity index (χ4v) is 7.36. The van der Waals surface area contributed by atoms with Crippen molar-refractivity contribution in [3.05, 3.63) is 42.1 Å². The van der Waals surface area contributed by atoms with E-state index in [1.54, 1.807) is 11.1 Å². The molecule has 0 aromatic carbocycles. The van der Waals surface area contributed by atoms with Gasteiger partial charge in [-0.3, -0.25) is 0 Å². The zero-order valence-electron chi connectivity index (χ0n) is 7.69. The zero-order chi connectivity index (χ0) is 7.97. The van der Waals surface area contributed by atoms with E-state index in [9.17, 15) is 0 Å². The van der Waals surface area contributed by atoms with Crippen molar-refractivity contribution in [2.24, 2.45) is 0 Å². The van der Waals surface area contributed by atoms with Crippen molar-refractivity contribution in [2.45, 2.75) is 19.3 Å². The van der Waals surface area contributed by atoms with Crippen molar-refractivity contribution in [1.82, 2.24) is 0 Å². The van der Waals surface area contributed by atoms with Crippen LogP contribution in [0.2, 0.25) is 0 Å². The molecule has 72 valence electrons. The minimum absolute atomic E-state index is 0. The number of hydrogen-bond acceptors (Lipinski definition) is 0. The van der Waals surface area contributed by atoms with Crippen LogP contribution in [0.1, 0.15) is 19.3 Å². The largest absolute Gasteiger partial charge is 1.00 e. The summed E-state index contributed by atoms with van der Waals surface area (Å²) in [7, 11) is 0. The van der Waals surface area contributed by atoms with Crippen LogP contribution in [0.3, 0.4) is 0 Å². The van der Waals surface area contributed by atoms with Gasteiger partial charge in [-0.15, -0.1) is 0 Å². The summed E-state index contributed by atoms with van der Waals surface area (Å²) in [4.78, 5) is 0. The second kappa shape index (κ2) is 4.96. The van der Waals surface area contributed by atoms with Gasteiger partial charge in [0.05, 0.1) is 0 Å². The van der Waals surface area contributed by atoms with Crippen LogP contribution in [0.5, 0.6) is 0 Å². The molecular formula is C11H10Cl2Hf. The predicted octanol–water partition coefficient (Wildman–Crippen LogP) is -3.09. The molecule has 0 atom stereocenters. The third-order valence-corrected chi connectivity index (χ3v) is 8.68. The molecule has 3 aliphatic rings. The van der Waals surface area contributed by atoms with E-state index in [0.717, 1.165) is 0 Å². The average Bonchev–Trinajstić information content (AvgIpc) is 2.64. The van der Waals surface area contributed by atoms with E-state index < -0.39 is 22.9 Å². The van der Waals surface area contributed by atoms with Gasteiger partial charge < -0.3 is 24.8 Å². The van der Waals surface area contributed by atoms with Crippen LogP contribution >= 0.6 is 0 Å². The molecule has 0 radical (unpaired) electrons. The van der Waals surface area contributed by atoms with E-state index in [4.69, 9.17) is 0 Å². The van der Waals surface area contributed by atoms with Crippen molar-refractivity contribution < 1.29 is 47.7 Å². The van der Waals surface area contributed by atoms with Crippen LogP contribution in [-0.2, 0) is 22.9 Å². The molecule has 0 saturated carbocycles. The maximum atomic E-state index is 2.36. The van der Waals surface area contributed by atoms with Crippen molar-refractivity contribution in [2.75, 3.05) is 0 Å². The summed E-state index contributed by atoms with van der Waals surface area (Å²) in [6.07, 6.45) is 13.3. The molecule has 14 heavy (non-hydrogen) atoms. The van der Waals surface area contributed by atoms with E-state index in [1.165, 1.54) is 19.3 Å². The Labute approximate surface area is 108 Å². The Morgan fingerprint density at radius 1 is 0.857 bits per heavy atom. The zero-order valence-corrected chi connectivity index (χ0v) is 12.8. The summed E-state index contributed by atoms with van der Waals surface area (Å²) in [5.41, 5.74) is 3.37. The molecule has 0 bridgehead atoms. The predicted molar refractivity (Wildman–Crippen MR) is 46.2 cm³/mol. The quantitative estimate of drug-likeness (QED) is 0.384. The van der Waals surface area contributed by atoms with Crippen molar-refractivity contribution >= 4 is 0 Å². The maximum Gasteiger partial charge on any atom is -1.00 e. The second-order valence-corrected chi connectivity index (χ2v) is 8.76. The van der Waals surface area contributed by atoms with Crippen LogP contribution < -0.4 is 24.8 Å². The van der Waals surface area contributed by atoms with Crippen LogP contribution in [0.4, 0.5) is 0 Å². The van der Waals surface area contributed by atoms with Gasteiger partial charge in [0.15, 0.2) is 0 Å². The average molecular weight is 392 g/mol. The first kappa shape index (κ1) is 12.5. The smallest absolute Gasteiger partial charge is 1.00 e. The molecule has 0 aromatic heterocycles. The number of rotatable bonds is 0. The number of allylic oxidation sites excluding steroid dienone is 8. The molecule has 3 heteroatoms. The van der Waals surface area contributed by atoms with E-state index in [0.29, 0.717) is 0 Å². The number of halogens is 2. The molecule has 0 spiro atoms. The van der Waals surface area contributed by atoms with Gasteiger partial charge in [-0.1, -0.05) is 0 Å². The third-order valence-electron chi connectivity index (χ3n) is 2.74. The Morgan fingerprint density at radius 3 is 1.86 bits per heavy atom. The van der Waals surface area contributed by atoms with Gasteiger partial charge in [0.1, 0.15) is 0 Å². The minimum atomic E-state index is -0.501. The topological polar surface area (TPSA) is 0 Å². The summed E-state index contributed by atoms with van der Waals surface area (Å²) < 4.78 is 3.75. The van der Waals surface area contributed by atoms with Gasteiger partial charge >= 0.3 is 84.3 Å². The third kappa shape index (κ3) is 2.00. The Kier molecular flexibility index (Phi) is 4.42. The van der Waals surface area contributed by atoms with Crippen LogP contribution in [0.15, 0.2) is 42.1 Å². The van der Waals surface area contributed by atoms with E-state index in [1.807, 2.05) is 6.66 Å².